The lowest BCUT2D eigenvalue weighted by molar-refractivity contribution is 0.0742. The van der Waals surface area contributed by atoms with Gasteiger partial charge in [-0.1, -0.05) is 13.0 Å². The first-order chi connectivity index (χ1) is 9.24. The van der Waals surface area contributed by atoms with E-state index in [4.69, 9.17) is 0 Å². The smallest absolute Gasteiger partial charge is 0.272 e. The SMILES string of the molecule is CCCN(CC1CC1)C(=O)c1cccc(NCC)n1. The van der Waals surface area contributed by atoms with Crippen LogP contribution in [0.2, 0.25) is 0 Å². The summed E-state index contributed by atoms with van der Waals surface area (Å²) in [6, 6.07) is 5.59. The van der Waals surface area contributed by atoms with E-state index in [1.54, 1.807) is 6.07 Å². The predicted octanol–water partition coefficient (Wildman–Crippen LogP) is 2.78. The number of carbonyl (C=O) groups excluding carboxylic acids is 1. The van der Waals surface area contributed by atoms with Gasteiger partial charge in [-0.3, -0.25) is 4.79 Å². The van der Waals surface area contributed by atoms with E-state index in [2.05, 4.69) is 17.2 Å². The number of nitrogens with one attached hydrogen (secondary N) is 1. The van der Waals surface area contributed by atoms with Crippen molar-refractivity contribution in [2.45, 2.75) is 33.1 Å². The summed E-state index contributed by atoms with van der Waals surface area (Å²) in [4.78, 5) is 18.8. The minimum atomic E-state index is 0.0634. The molecule has 0 spiro atoms. The summed E-state index contributed by atoms with van der Waals surface area (Å²) in [6.45, 7) is 6.65. The van der Waals surface area contributed by atoms with Crippen LogP contribution < -0.4 is 5.32 Å². The van der Waals surface area contributed by atoms with Crippen molar-refractivity contribution in [3.63, 3.8) is 0 Å². The van der Waals surface area contributed by atoms with Crippen LogP contribution in [-0.2, 0) is 0 Å². The summed E-state index contributed by atoms with van der Waals surface area (Å²) in [5, 5.41) is 3.14. The van der Waals surface area contributed by atoms with Crippen LogP contribution in [0.5, 0.6) is 0 Å². The van der Waals surface area contributed by atoms with E-state index in [-0.39, 0.29) is 5.91 Å². The molecule has 0 aliphatic heterocycles. The molecular weight excluding hydrogens is 238 g/mol. The molecule has 1 aliphatic carbocycles. The molecule has 1 fully saturated rings. The third-order valence-corrected chi connectivity index (χ3v) is 3.28. The largest absolute Gasteiger partial charge is 0.370 e. The van der Waals surface area contributed by atoms with E-state index in [0.717, 1.165) is 31.9 Å². The minimum absolute atomic E-state index is 0.0634. The van der Waals surface area contributed by atoms with Gasteiger partial charge in [0, 0.05) is 19.6 Å². The van der Waals surface area contributed by atoms with Crippen LogP contribution in [-0.4, -0.2) is 35.4 Å². The summed E-state index contributed by atoms with van der Waals surface area (Å²) >= 11 is 0. The van der Waals surface area contributed by atoms with Gasteiger partial charge in [-0.25, -0.2) is 4.98 Å². The standard InChI is InChI=1S/C15H23N3O/c1-3-10-18(11-12-8-9-12)15(19)13-6-5-7-14(17-13)16-4-2/h5-7,12H,3-4,8-11H2,1-2H3,(H,16,17). The number of pyridine rings is 1. The Balaban J connectivity index is 2.08. The van der Waals surface area contributed by atoms with Gasteiger partial charge < -0.3 is 10.2 Å². The number of carbonyl (C=O) groups is 1. The molecular formula is C15H23N3O. The molecule has 1 N–H and O–H groups in total. The normalized spacial score (nSPS) is 14.2. The summed E-state index contributed by atoms with van der Waals surface area (Å²) in [5.41, 5.74) is 0.549. The molecule has 1 heterocycles. The van der Waals surface area contributed by atoms with Gasteiger partial charge in [-0.15, -0.1) is 0 Å². The lowest BCUT2D eigenvalue weighted by Gasteiger charge is -2.21. The van der Waals surface area contributed by atoms with Gasteiger partial charge in [0.15, 0.2) is 0 Å². The van der Waals surface area contributed by atoms with Crippen molar-refractivity contribution < 1.29 is 4.79 Å². The van der Waals surface area contributed by atoms with Gasteiger partial charge >= 0.3 is 0 Å². The molecule has 1 amide bonds. The lowest BCUT2D eigenvalue weighted by Crippen LogP contribution is -2.34. The predicted molar refractivity (Wildman–Crippen MR) is 77.3 cm³/mol. The molecule has 1 aromatic rings. The Morgan fingerprint density at radius 3 is 2.84 bits per heavy atom. The third-order valence-electron chi connectivity index (χ3n) is 3.28. The van der Waals surface area contributed by atoms with Gasteiger partial charge in [0.2, 0.25) is 0 Å². The Labute approximate surface area is 115 Å². The van der Waals surface area contributed by atoms with Crippen LogP contribution in [0.1, 0.15) is 43.6 Å². The number of hydrogen-bond acceptors (Lipinski definition) is 3. The highest BCUT2D eigenvalue weighted by molar-refractivity contribution is 5.92. The van der Waals surface area contributed by atoms with E-state index in [1.807, 2.05) is 24.0 Å². The van der Waals surface area contributed by atoms with Crippen molar-refractivity contribution in [1.82, 2.24) is 9.88 Å². The fourth-order valence-electron chi connectivity index (χ4n) is 2.15. The average molecular weight is 261 g/mol. The molecule has 0 saturated heterocycles. The number of nitrogens with zero attached hydrogens (tertiary/aromatic N) is 2. The highest BCUT2D eigenvalue weighted by Gasteiger charge is 2.27. The van der Waals surface area contributed by atoms with Gasteiger partial charge in [-0.2, -0.15) is 0 Å². The Morgan fingerprint density at radius 2 is 2.21 bits per heavy atom. The fourth-order valence-corrected chi connectivity index (χ4v) is 2.15. The number of aromatic nitrogens is 1. The van der Waals surface area contributed by atoms with E-state index < -0.39 is 0 Å². The van der Waals surface area contributed by atoms with Crippen molar-refractivity contribution in [3.8, 4) is 0 Å². The Bertz CT molecular complexity index is 429. The van der Waals surface area contributed by atoms with Crippen LogP contribution in [0.4, 0.5) is 5.82 Å². The molecule has 1 aliphatic rings. The van der Waals surface area contributed by atoms with Gasteiger partial charge in [0.1, 0.15) is 11.5 Å². The van der Waals surface area contributed by atoms with E-state index in [9.17, 15) is 4.79 Å². The van der Waals surface area contributed by atoms with Crippen molar-refractivity contribution in [2.75, 3.05) is 25.0 Å². The Morgan fingerprint density at radius 1 is 1.42 bits per heavy atom. The zero-order valence-electron chi connectivity index (χ0n) is 11.9. The monoisotopic (exact) mass is 261 g/mol. The molecule has 4 nitrogen and oxygen atoms in total. The zero-order chi connectivity index (χ0) is 13.7. The van der Waals surface area contributed by atoms with E-state index >= 15 is 0 Å². The number of hydrogen-bond donors (Lipinski definition) is 1. The first kappa shape index (κ1) is 13.8. The molecule has 1 aromatic heterocycles. The molecule has 0 aromatic carbocycles. The van der Waals surface area contributed by atoms with Crippen molar-refractivity contribution in [3.05, 3.63) is 23.9 Å². The van der Waals surface area contributed by atoms with Gasteiger partial charge in [0.25, 0.3) is 5.91 Å². The first-order valence-corrected chi connectivity index (χ1v) is 7.24. The maximum Gasteiger partial charge on any atom is 0.272 e. The Hall–Kier alpha value is -1.58. The number of anilines is 1. The van der Waals surface area contributed by atoms with Crippen molar-refractivity contribution >= 4 is 11.7 Å². The van der Waals surface area contributed by atoms with Crippen LogP contribution in [0, 0.1) is 5.92 Å². The van der Waals surface area contributed by atoms with E-state index in [1.165, 1.54) is 12.8 Å². The third kappa shape index (κ3) is 3.94. The second-order valence-electron chi connectivity index (χ2n) is 5.13. The van der Waals surface area contributed by atoms with Crippen molar-refractivity contribution in [1.29, 1.82) is 0 Å². The highest BCUT2D eigenvalue weighted by Crippen LogP contribution is 2.30. The molecule has 0 radical (unpaired) electrons. The fraction of sp³-hybridized carbons (Fsp3) is 0.600. The highest BCUT2D eigenvalue weighted by atomic mass is 16.2. The maximum absolute atomic E-state index is 12.5. The Kier molecular flexibility index (Phi) is 4.77. The number of rotatable bonds is 7. The summed E-state index contributed by atoms with van der Waals surface area (Å²) < 4.78 is 0. The quantitative estimate of drug-likeness (QED) is 0.821. The lowest BCUT2D eigenvalue weighted by atomic mass is 10.2. The second kappa shape index (κ2) is 6.55. The average Bonchev–Trinajstić information content (AvgIpc) is 3.22. The van der Waals surface area contributed by atoms with Crippen LogP contribution in [0.15, 0.2) is 18.2 Å². The van der Waals surface area contributed by atoms with Crippen LogP contribution in [0.25, 0.3) is 0 Å². The summed E-state index contributed by atoms with van der Waals surface area (Å²) in [7, 11) is 0. The van der Waals surface area contributed by atoms with Crippen LogP contribution in [0.3, 0.4) is 0 Å². The van der Waals surface area contributed by atoms with Gasteiger partial charge in [0.05, 0.1) is 0 Å². The summed E-state index contributed by atoms with van der Waals surface area (Å²) in [5.74, 6) is 1.55. The molecule has 0 bridgehead atoms. The molecule has 1 saturated carbocycles. The van der Waals surface area contributed by atoms with Crippen LogP contribution >= 0.6 is 0 Å². The molecule has 4 heteroatoms. The second-order valence-corrected chi connectivity index (χ2v) is 5.13. The molecule has 0 atom stereocenters. The van der Waals surface area contributed by atoms with Crippen molar-refractivity contribution in [2.24, 2.45) is 5.92 Å². The molecule has 2 rings (SSSR count). The van der Waals surface area contributed by atoms with E-state index in [0.29, 0.717) is 11.6 Å². The zero-order valence-corrected chi connectivity index (χ0v) is 11.9. The molecule has 0 unspecified atom stereocenters. The number of amides is 1. The molecule has 19 heavy (non-hydrogen) atoms. The summed E-state index contributed by atoms with van der Waals surface area (Å²) in [6.07, 6.45) is 3.52. The minimum Gasteiger partial charge on any atom is -0.370 e. The maximum atomic E-state index is 12.5. The molecule has 104 valence electrons. The first-order valence-electron chi connectivity index (χ1n) is 7.24. The topological polar surface area (TPSA) is 45.2 Å². The van der Waals surface area contributed by atoms with Gasteiger partial charge in [-0.05, 0) is 44.2 Å².